The molecule has 8 heteroatoms. The fourth-order valence-electron chi connectivity index (χ4n) is 3.05. The van der Waals surface area contributed by atoms with Crippen molar-refractivity contribution in [3.05, 3.63) is 57.6 Å². The molecule has 3 rings (SSSR count). The lowest BCUT2D eigenvalue weighted by Crippen LogP contribution is -2.36. The van der Waals surface area contributed by atoms with Crippen LogP contribution in [-0.4, -0.2) is 22.8 Å². The molecule has 0 aliphatic carbocycles. The van der Waals surface area contributed by atoms with E-state index in [9.17, 15) is 4.79 Å². The molecule has 0 saturated heterocycles. The molecule has 5 nitrogen and oxygen atoms in total. The molecule has 0 radical (unpaired) electrons. The highest BCUT2D eigenvalue weighted by atomic mass is 35.5. The summed E-state index contributed by atoms with van der Waals surface area (Å²) in [7, 11) is 0. The largest absolute Gasteiger partial charge is 0.481 e. The number of anilines is 1. The molecular formula is C22H24Cl2N2O3S. The number of benzene rings is 2. The highest BCUT2D eigenvalue weighted by Crippen LogP contribution is 2.34. The lowest BCUT2D eigenvalue weighted by Gasteiger charge is -2.28. The van der Waals surface area contributed by atoms with Gasteiger partial charge in [-0.05, 0) is 69.5 Å². The molecule has 1 aliphatic heterocycles. The van der Waals surface area contributed by atoms with Crippen molar-refractivity contribution in [1.82, 2.24) is 5.32 Å². The number of carbonyl (C=O) groups excluding carboxylic acids is 1. The van der Waals surface area contributed by atoms with Crippen LogP contribution < -0.4 is 15.4 Å². The maximum absolute atomic E-state index is 12.5. The van der Waals surface area contributed by atoms with E-state index in [0.717, 1.165) is 16.8 Å². The van der Waals surface area contributed by atoms with Crippen molar-refractivity contribution in [2.24, 2.45) is 0 Å². The van der Waals surface area contributed by atoms with E-state index in [1.807, 2.05) is 52.0 Å². The van der Waals surface area contributed by atoms with Crippen molar-refractivity contribution in [3.63, 3.8) is 0 Å². The van der Waals surface area contributed by atoms with Gasteiger partial charge in [0.15, 0.2) is 0 Å². The molecule has 2 unspecified atom stereocenters. The minimum atomic E-state index is -0.611. The van der Waals surface area contributed by atoms with Crippen LogP contribution in [0.1, 0.15) is 44.9 Å². The molecule has 2 aromatic carbocycles. The number of carbonyl (C=O) groups is 1. The second-order valence-corrected chi connectivity index (χ2v) is 9.43. The third-order valence-corrected chi connectivity index (χ3v) is 5.49. The molecule has 0 aromatic heterocycles. The first kappa shape index (κ1) is 22.7. The first-order chi connectivity index (χ1) is 14.0. The van der Waals surface area contributed by atoms with Crippen LogP contribution in [-0.2, 0) is 11.2 Å². The van der Waals surface area contributed by atoms with Gasteiger partial charge in [0, 0.05) is 10.0 Å². The molecule has 2 aromatic rings. The Morgan fingerprint density at radius 2 is 2.00 bits per heavy atom. The minimum absolute atomic E-state index is 0.193. The topological polar surface area (TPSA) is 59.6 Å². The smallest absolute Gasteiger partial charge is 0.408 e. The summed E-state index contributed by atoms with van der Waals surface area (Å²) in [6, 6.07) is 10.6. The Balaban J connectivity index is 1.91. The predicted molar refractivity (Wildman–Crippen MR) is 125 cm³/mol. The number of rotatable bonds is 4. The van der Waals surface area contributed by atoms with Gasteiger partial charge >= 0.3 is 6.09 Å². The number of halogens is 2. The maximum Gasteiger partial charge on any atom is 0.408 e. The normalized spacial score (nSPS) is 16.7. The number of nitrogens with one attached hydrogen (secondary N) is 2. The summed E-state index contributed by atoms with van der Waals surface area (Å²) in [4.78, 5) is 13.1. The first-order valence-corrected chi connectivity index (χ1v) is 10.7. The van der Waals surface area contributed by atoms with Crippen LogP contribution in [0.3, 0.4) is 0 Å². The average Bonchev–Trinajstić information content (AvgIpc) is 2.62. The average molecular weight is 467 g/mol. The molecule has 2 atom stereocenters. The molecule has 0 bridgehead atoms. The molecule has 0 spiro atoms. The SMILES string of the molecule is CC1Oc2ccc(C(Cc3ccc(Cl)cc3Cl)NC(=O)OC(C)(C)C)cc2NC1=S. The van der Waals surface area contributed by atoms with E-state index >= 15 is 0 Å². The quantitative estimate of drug-likeness (QED) is 0.515. The monoisotopic (exact) mass is 466 g/mol. The van der Waals surface area contributed by atoms with Gasteiger partial charge in [0.2, 0.25) is 0 Å². The number of amides is 1. The van der Waals surface area contributed by atoms with Gasteiger partial charge in [-0.25, -0.2) is 4.79 Å². The summed E-state index contributed by atoms with van der Waals surface area (Å²) in [6.07, 6.45) is -0.249. The second kappa shape index (κ2) is 9.00. The van der Waals surface area contributed by atoms with Crippen molar-refractivity contribution in [1.29, 1.82) is 0 Å². The van der Waals surface area contributed by atoms with E-state index in [1.54, 1.807) is 12.1 Å². The maximum atomic E-state index is 12.5. The Kier molecular flexibility index (Phi) is 6.80. The van der Waals surface area contributed by atoms with Gasteiger partial charge in [0.05, 0.1) is 11.7 Å². The Labute approximate surface area is 192 Å². The minimum Gasteiger partial charge on any atom is -0.481 e. The van der Waals surface area contributed by atoms with E-state index in [0.29, 0.717) is 27.2 Å². The van der Waals surface area contributed by atoms with Gasteiger partial charge in [-0.1, -0.05) is 47.6 Å². The van der Waals surface area contributed by atoms with E-state index in [-0.39, 0.29) is 6.10 Å². The van der Waals surface area contributed by atoms with Crippen LogP contribution in [0.25, 0.3) is 0 Å². The van der Waals surface area contributed by atoms with Crippen LogP contribution in [0.5, 0.6) is 5.75 Å². The lowest BCUT2D eigenvalue weighted by molar-refractivity contribution is 0.0503. The summed E-state index contributed by atoms with van der Waals surface area (Å²) in [6.45, 7) is 7.35. The summed E-state index contributed by atoms with van der Waals surface area (Å²) >= 11 is 17.7. The fourth-order valence-corrected chi connectivity index (χ4v) is 3.70. The van der Waals surface area contributed by atoms with Crippen LogP contribution in [0, 0.1) is 0 Å². The Bertz CT molecular complexity index is 975. The summed E-state index contributed by atoms with van der Waals surface area (Å²) in [5, 5.41) is 7.24. The van der Waals surface area contributed by atoms with E-state index in [4.69, 9.17) is 44.9 Å². The highest BCUT2D eigenvalue weighted by Gasteiger charge is 2.25. The van der Waals surface area contributed by atoms with Gasteiger partial charge < -0.3 is 20.1 Å². The van der Waals surface area contributed by atoms with Crippen molar-refractivity contribution in [3.8, 4) is 5.75 Å². The third-order valence-electron chi connectivity index (χ3n) is 4.47. The van der Waals surface area contributed by atoms with Gasteiger partial charge in [0.1, 0.15) is 22.4 Å². The zero-order valence-corrected chi connectivity index (χ0v) is 19.5. The molecule has 0 fully saturated rings. The van der Waals surface area contributed by atoms with E-state index < -0.39 is 17.7 Å². The number of fused-ring (bicyclic) bond motifs is 1. The summed E-state index contributed by atoms with van der Waals surface area (Å²) in [5.41, 5.74) is 1.86. The number of ether oxygens (including phenoxy) is 2. The summed E-state index contributed by atoms with van der Waals surface area (Å²) < 4.78 is 11.3. The summed E-state index contributed by atoms with van der Waals surface area (Å²) in [5.74, 6) is 0.709. The molecule has 30 heavy (non-hydrogen) atoms. The molecule has 1 aliphatic rings. The fraction of sp³-hybridized carbons (Fsp3) is 0.364. The molecule has 0 saturated carbocycles. The zero-order chi connectivity index (χ0) is 22.1. The first-order valence-electron chi connectivity index (χ1n) is 9.57. The van der Waals surface area contributed by atoms with Crippen molar-refractivity contribution in [2.75, 3.05) is 5.32 Å². The molecule has 1 amide bonds. The van der Waals surface area contributed by atoms with Crippen LogP contribution >= 0.6 is 35.4 Å². The van der Waals surface area contributed by atoms with E-state index in [2.05, 4.69) is 10.6 Å². The predicted octanol–water partition coefficient (Wildman–Crippen LogP) is 6.32. The lowest BCUT2D eigenvalue weighted by atomic mass is 9.97. The van der Waals surface area contributed by atoms with Gasteiger partial charge in [0.25, 0.3) is 0 Å². The molecular weight excluding hydrogens is 443 g/mol. The van der Waals surface area contributed by atoms with Crippen molar-refractivity contribution < 1.29 is 14.3 Å². The van der Waals surface area contributed by atoms with Crippen LogP contribution in [0.15, 0.2) is 36.4 Å². The molecule has 2 N–H and O–H groups in total. The van der Waals surface area contributed by atoms with Gasteiger partial charge in [-0.2, -0.15) is 0 Å². The second-order valence-electron chi connectivity index (χ2n) is 8.14. The van der Waals surface area contributed by atoms with Gasteiger partial charge in [-0.3, -0.25) is 0 Å². The number of hydrogen-bond acceptors (Lipinski definition) is 4. The number of alkyl carbamates (subject to hydrolysis) is 1. The standard InChI is InChI=1S/C22H24Cl2N2O3S/c1-12-20(30)25-18-10-14(6-8-19(18)28-12)17(26-21(27)29-22(2,3)4)9-13-5-7-15(23)11-16(13)24/h5-8,10-12,17H,9H2,1-4H3,(H,25,30)(H,26,27). The molecule has 1 heterocycles. The third kappa shape index (κ3) is 5.78. The van der Waals surface area contributed by atoms with E-state index in [1.165, 1.54) is 0 Å². The van der Waals surface area contributed by atoms with Crippen molar-refractivity contribution >= 4 is 52.2 Å². The van der Waals surface area contributed by atoms with Crippen LogP contribution in [0.2, 0.25) is 10.0 Å². The number of hydrogen-bond donors (Lipinski definition) is 2. The van der Waals surface area contributed by atoms with Crippen molar-refractivity contribution in [2.45, 2.75) is 51.9 Å². The zero-order valence-electron chi connectivity index (χ0n) is 17.2. The Morgan fingerprint density at radius 1 is 1.27 bits per heavy atom. The molecule has 160 valence electrons. The van der Waals surface area contributed by atoms with Gasteiger partial charge in [-0.15, -0.1) is 0 Å². The van der Waals surface area contributed by atoms with Crippen LogP contribution in [0.4, 0.5) is 10.5 Å². The Morgan fingerprint density at radius 3 is 2.67 bits per heavy atom. The Hall–Kier alpha value is -2.02. The highest BCUT2D eigenvalue weighted by molar-refractivity contribution is 7.80. The number of thiocarbonyl (C=S) groups is 1.